The number of nitrogens with two attached hydrogens (primary N) is 1. The lowest BCUT2D eigenvalue weighted by Gasteiger charge is -2.38. The zero-order chi connectivity index (χ0) is 11.4. The van der Waals surface area contributed by atoms with E-state index >= 15 is 0 Å². The summed E-state index contributed by atoms with van der Waals surface area (Å²) in [4.78, 5) is 12.1. The van der Waals surface area contributed by atoms with Gasteiger partial charge in [-0.3, -0.25) is 4.90 Å². The standard InChI is InChI=1S/C11H21N5/c1-2-15-3-5-16(6-4-15)11(7-12)10-8-13-9-14-10/h8-9,11H,2-7,12H2,1H3,(H,13,14). The van der Waals surface area contributed by atoms with Crippen molar-refractivity contribution in [3.05, 3.63) is 18.2 Å². The molecule has 16 heavy (non-hydrogen) atoms. The van der Waals surface area contributed by atoms with Crippen LogP contribution in [0.5, 0.6) is 0 Å². The molecule has 0 aromatic carbocycles. The Morgan fingerprint density at radius 3 is 2.69 bits per heavy atom. The van der Waals surface area contributed by atoms with Gasteiger partial charge >= 0.3 is 0 Å². The van der Waals surface area contributed by atoms with E-state index < -0.39 is 0 Å². The fourth-order valence-corrected chi connectivity index (χ4v) is 2.31. The number of H-pyrrole nitrogens is 1. The molecule has 1 saturated heterocycles. The molecule has 1 aliphatic rings. The zero-order valence-corrected chi connectivity index (χ0v) is 9.89. The number of piperazine rings is 1. The molecule has 1 unspecified atom stereocenters. The zero-order valence-electron chi connectivity index (χ0n) is 9.89. The van der Waals surface area contributed by atoms with Crippen LogP contribution in [0.3, 0.4) is 0 Å². The van der Waals surface area contributed by atoms with Gasteiger partial charge in [-0.25, -0.2) is 4.98 Å². The molecule has 90 valence electrons. The molecular formula is C11H21N5. The van der Waals surface area contributed by atoms with Crippen molar-refractivity contribution >= 4 is 0 Å². The van der Waals surface area contributed by atoms with Crippen LogP contribution in [-0.2, 0) is 0 Å². The van der Waals surface area contributed by atoms with Gasteiger partial charge in [0.2, 0.25) is 0 Å². The van der Waals surface area contributed by atoms with Crippen LogP contribution in [0, 0.1) is 0 Å². The minimum atomic E-state index is 0.293. The highest BCUT2D eigenvalue weighted by Crippen LogP contribution is 2.18. The Morgan fingerprint density at radius 1 is 1.44 bits per heavy atom. The average Bonchev–Trinajstić information content (AvgIpc) is 2.85. The molecule has 2 rings (SSSR count). The van der Waals surface area contributed by atoms with Crippen LogP contribution in [-0.4, -0.2) is 59.0 Å². The molecule has 0 bridgehead atoms. The highest BCUT2D eigenvalue weighted by atomic mass is 15.3. The van der Waals surface area contributed by atoms with E-state index in [-0.39, 0.29) is 0 Å². The number of nitrogens with one attached hydrogen (secondary N) is 1. The Morgan fingerprint density at radius 2 is 2.19 bits per heavy atom. The van der Waals surface area contributed by atoms with Gasteiger partial charge in [0.25, 0.3) is 0 Å². The van der Waals surface area contributed by atoms with Crippen molar-refractivity contribution in [2.24, 2.45) is 5.73 Å². The SMILES string of the molecule is CCN1CCN(C(CN)c2cnc[nH]2)CC1. The monoisotopic (exact) mass is 223 g/mol. The van der Waals surface area contributed by atoms with Crippen LogP contribution >= 0.6 is 0 Å². The quantitative estimate of drug-likeness (QED) is 0.757. The van der Waals surface area contributed by atoms with E-state index in [0.29, 0.717) is 12.6 Å². The summed E-state index contributed by atoms with van der Waals surface area (Å²) < 4.78 is 0. The molecule has 1 aliphatic heterocycles. The highest BCUT2D eigenvalue weighted by molar-refractivity contribution is 5.04. The van der Waals surface area contributed by atoms with E-state index in [2.05, 4.69) is 26.7 Å². The first-order valence-electron chi connectivity index (χ1n) is 6.00. The molecule has 1 atom stereocenters. The molecule has 2 heterocycles. The lowest BCUT2D eigenvalue weighted by atomic mass is 10.1. The van der Waals surface area contributed by atoms with Crippen molar-refractivity contribution in [3.8, 4) is 0 Å². The van der Waals surface area contributed by atoms with Gasteiger partial charge in [0.1, 0.15) is 0 Å². The molecular weight excluding hydrogens is 202 g/mol. The number of aromatic amines is 1. The fourth-order valence-electron chi connectivity index (χ4n) is 2.31. The van der Waals surface area contributed by atoms with E-state index in [1.165, 1.54) is 0 Å². The number of imidazole rings is 1. The van der Waals surface area contributed by atoms with Crippen molar-refractivity contribution in [1.82, 2.24) is 19.8 Å². The van der Waals surface area contributed by atoms with Crippen molar-refractivity contribution in [2.75, 3.05) is 39.3 Å². The summed E-state index contributed by atoms with van der Waals surface area (Å²) in [6.07, 6.45) is 3.60. The Balaban J connectivity index is 1.96. The fraction of sp³-hybridized carbons (Fsp3) is 0.727. The van der Waals surface area contributed by atoms with Crippen molar-refractivity contribution in [1.29, 1.82) is 0 Å². The highest BCUT2D eigenvalue weighted by Gasteiger charge is 2.24. The van der Waals surface area contributed by atoms with Crippen LogP contribution in [0.4, 0.5) is 0 Å². The number of likely N-dealkylation sites (N-methyl/N-ethyl adjacent to an activating group) is 1. The van der Waals surface area contributed by atoms with E-state index in [0.717, 1.165) is 38.4 Å². The van der Waals surface area contributed by atoms with Gasteiger partial charge in [-0.15, -0.1) is 0 Å². The largest absolute Gasteiger partial charge is 0.347 e. The van der Waals surface area contributed by atoms with Gasteiger partial charge in [-0.2, -0.15) is 0 Å². The lowest BCUT2D eigenvalue weighted by molar-refractivity contribution is 0.100. The first-order chi connectivity index (χ1) is 7.85. The third-order valence-electron chi connectivity index (χ3n) is 3.40. The minimum absolute atomic E-state index is 0.293. The molecule has 0 aliphatic carbocycles. The molecule has 1 aromatic rings. The maximum absolute atomic E-state index is 5.86. The van der Waals surface area contributed by atoms with E-state index in [1.807, 2.05) is 6.20 Å². The number of aromatic nitrogens is 2. The summed E-state index contributed by atoms with van der Waals surface area (Å²) in [7, 11) is 0. The van der Waals surface area contributed by atoms with Crippen LogP contribution < -0.4 is 5.73 Å². The lowest BCUT2D eigenvalue weighted by Crippen LogP contribution is -2.48. The van der Waals surface area contributed by atoms with E-state index in [4.69, 9.17) is 5.73 Å². The Hall–Kier alpha value is -0.910. The predicted molar refractivity (Wildman–Crippen MR) is 64.1 cm³/mol. The molecule has 0 amide bonds. The van der Waals surface area contributed by atoms with Crippen LogP contribution in [0.15, 0.2) is 12.5 Å². The van der Waals surface area contributed by atoms with Gasteiger partial charge in [0, 0.05) is 38.9 Å². The third kappa shape index (κ3) is 2.42. The Bertz CT molecular complexity index is 289. The van der Waals surface area contributed by atoms with Crippen LogP contribution in [0.1, 0.15) is 18.7 Å². The Labute approximate surface area is 96.6 Å². The molecule has 1 aromatic heterocycles. The van der Waals surface area contributed by atoms with Crippen LogP contribution in [0.2, 0.25) is 0 Å². The molecule has 0 spiro atoms. The van der Waals surface area contributed by atoms with Crippen LogP contribution in [0.25, 0.3) is 0 Å². The Kier molecular flexibility index (Phi) is 3.93. The number of nitrogens with zero attached hydrogens (tertiary/aromatic N) is 3. The van der Waals surface area contributed by atoms with Gasteiger partial charge < -0.3 is 15.6 Å². The molecule has 1 fully saturated rings. The number of hydrogen-bond acceptors (Lipinski definition) is 4. The first kappa shape index (κ1) is 11.6. The summed E-state index contributed by atoms with van der Waals surface area (Å²) in [6.45, 7) is 8.47. The molecule has 5 nitrogen and oxygen atoms in total. The minimum Gasteiger partial charge on any atom is -0.347 e. The third-order valence-corrected chi connectivity index (χ3v) is 3.40. The van der Waals surface area contributed by atoms with Gasteiger partial charge in [-0.1, -0.05) is 6.92 Å². The van der Waals surface area contributed by atoms with Gasteiger partial charge in [0.15, 0.2) is 0 Å². The summed E-state index contributed by atoms with van der Waals surface area (Å²) in [6, 6.07) is 0.293. The smallest absolute Gasteiger partial charge is 0.0922 e. The van der Waals surface area contributed by atoms with E-state index in [9.17, 15) is 0 Å². The summed E-state index contributed by atoms with van der Waals surface area (Å²) >= 11 is 0. The van der Waals surface area contributed by atoms with Crippen molar-refractivity contribution in [2.45, 2.75) is 13.0 Å². The summed E-state index contributed by atoms with van der Waals surface area (Å²) in [5.41, 5.74) is 6.99. The summed E-state index contributed by atoms with van der Waals surface area (Å²) in [5.74, 6) is 0. The maximum atomic E-state index is 5.86. The average molecular weight is 223 g/mol. The second-order valence-corrected chi connectivity index (χ2v) is 4.23. The van der Waals surface area contributed by atoms with Gasteiger partial charge in [0.05, 0.1) is 18.1 Å². The first-order valence-corrected chi connectivity index (χ1v) is 6.00. The number of hydrogen-bond donors (Lipinski definition) is 2. The second kappa shape index (κ2) is 5.43. The maximum Gasteiger partial charge on any atom is 0.0922 e. The normalized spacial score (nSPS) is 21.1. The van der Waals surface area contributed by atoms with Gasteiger partial charge in [-0.05, 0) is 6.54 Å². The molecule has 0 saturated carbocycles. The second-order valence-electron chi connectivity index (χ2n) is 4.23. The topological polar surface area (TPSA) is 61.2 Å². The molecule has 0 radical (unpaired) electrons. The number of rotatable bonds is 4. The van der Waals surface area contributed by atoms with Crippen molar-refractivity contribution in [3.63, 3.8) is 0 Å². The van der Waals surface area contributed by atoms with Crippen molar-refractivity contribution < 1.29 is 0 Å². The summed E-state index contributed by atoms with van der Waals surface area (Å²) in [5, 5.41) is 0. The van der Waals surface area contributed by atoms with E-state index in [1.54, 1.807) is 6.33 Å². The molecule has 3 N–H and O–H groups in total. The molecule has 5 heteroatoms. The predicted octanol–water partition coefficient (Wildman–Crippen LogP) is 0.0470.